The third kappa shape index (κ3) is 5.84. The quantitative estimate of drug-likeness (QED) is 0.144. The lowest BCUT2D eigenvalue weighted by molar-refractivity contribution is 1.05. The van der Waals surface area contributed by atoms with Gasteiger partial charge >= 0.3 is 0 Å². The zero-order valence-electron chi connectivity index (χ0n) is 35.1. The molecular weight excluding hydrogens is 781 g/mol. The molecule has 64 heavy (non-hydrogen) atoms. The van der Waals surface area contributed by atoms with Gasteiger partial charge in [0.05, 0.1) is 27.6 Å². The fourth-order valence-corrected chi connectivity index (χ4v) is 9.68. The summed E-state index contributed by atoms with van der Waals surface area (Å²) < 4.78 is 7.15. The molecule has 0 radical (unpaired) electrons. The molecule has 6 nitrogen and oxygen atoms in total. The average molecular weight is 821 g/mol. The average Bonchev–Trinajstić information content (AvgIpc) is 3.98. The molecule has 302 valence electrons. The molecular formula is C58H40N6. The number of allylic oxidation sites excluding steroid dienone is 2. The van der Waals surface area contributed by atoms with E-state index >= 15 is 0 Å². The summed E-state index contributed by atoms with van der Waals surface area (Å²) in [5.41, 5.74) is 13.8. The van der Waals surface area contributed by atoms with Gasteiger partial charge in [0.15, 0.2) is 17.5 Å². The van der Waals surface area contributed by atoms with E-state index in [2.05, 4.69) is 197 Å². The second-order valence-electron chi connectivity index (χ2n) is 16.1. The smallest absolute Gasteiger partial charge is 0.166 e. The summed E-state index contributed by atoms with van der Waals surface area (Å²) in [6.07, 6.45) is 4.30. The lowest BCUT2D eigenvalue weighted by atomic mass is 10.1. The van der Waals surface area contributed by atoms with Gasteiger partial charge in [0.25, 0.3) is 0 Å². The van der Waals surface area contributed by atoms with Crippen molar-refractivity contribution in [1.82, 2.24) is 28.7 Å². The number of benzene rings is 8. The van der Waals surface area contributed by atoms with Crippen LogP contribution < -0.4 is 0 Å². The van der Waals surface area contributed by atoms with Crippen LogP contribution in [0.3, 0.4) is 0 Å². The van der Waals surface area contributed by atoms with Crippen LogP contribution in [0.15, 0.2) is 213 Å². The maximum absolute atomic E-state index is 5.23. The summed E-state index contributed by atoms with van der Waals surface area (Å²) in [7, 11) is 0. The van der Waals surface area contributed by atoms with Crippen molar-refractivity contribution in [2.45, 2.75) is 6.92 Å². The van der Waals surface area contributed by atoms with Gasteiger partial charge in [0, 0.05) is 72.0 Å². The van der Waals surface area contributed by atoms with Crippen molar-refractivity contribution in [3.63, 3.8) is 0 Å². The van der Waals surface area contributed by atoms with Gasteiger partial charge in [0.2, 0.25) is 0 Å². The van der Waals surface area contributed by atoms with Gasteiger partial charge in [-0.1, -0.05) is 158 Å². The van der Waals surface area contributed by atoms with Crippen LogP contribution in [0.25, 0.3) is 112 Å². The number of hydrogen-bond donors (Lipinski definition) is 0. The Kier molecular flexibility index (Phi) is 8.76. The molecule has 0 N–H and O–H groups in total. The van der Waals surface area contributed by atoms with Crippen LogP contribution in [0.1, 0.15) is 11.3 Å². The fourth-order valence-electron chi connectivity index (χ4n) is 9.68. The summed E-state index contributed by atoms with van der Waals surface area (Å²) in [4.78, 5) is 15.5. The van der Waals surface area contributed by atoms with E-state index in [1.165, 1.54) is 5.39 Å². The zero-order valence-corrected chi connectivity index (χ0v) is 35.1. The van der Waals surface area contributed by atoms with Gasteiger partial charge in [-0.2, -0.15) is 0 Å². The van der Waals surface area contributed by atoms with E-state index in [0.717, 1.165) is 94.1 Å². The molecule has 0 spiro atoms. The SMILES string of the molecule is C=C/C(=C\c1c(C)n(-c2ccccc2)c2ccccc12)n1c2ccccc2c2c1ccc1c3cccc(-c4nc(-c5ccccc5)nc(-c5ccccc5)n4)c3n(-c3ccccc3)c12. The first-order valence-corrected chi connectivity index (χ1v) is 21.6. The molecule has 0 saturated heterocycles. The predicted octanol–water partition coefficient (Wildman–Crippen LogP) is 14.5. The maximum atomic E-state index is 5.23. The molecule has 12 rings (SSSR count). The number of nitrogens with zero attached hydrogens (tertiary/aromatic N) is 6. The lowest BCUT2D eigenvalue weighted by Crippen LogP contribution is -2.02. The largest absolute Gasteiger partial charge is 0.313 e. The van der Waals surface area contributed by atoms with Gasteiger partial charge in [0.1, 0.15) is 0 Å². The Hall–Kier alpha value is -8.61. The highest BCUT2D eigenvalue weighted by molar-refractivity contribution is 6.27. The molecule has 0 fully saturated rings. The van der Waals surface area contributed by atoms with Crippen LogP contribution in [-0.4, -0.2) is 28.7 Å². The van der Waals surface area contributed by atoms with E-state index < -0.39 is 0 Å². The highest BCUT2D eigenvalue weighted by Crippen LogP contribution is 2.45. The first kappa shape index (κ1) is 37.2. The molecule has 4 aromatic heterocycles. The summed E-state index contributed by atoms with van der Waals surface area (Å²) >= 11 is 0. The minimum absolute atomic E-state index is 0.610. The second kappa shape index (κ2) is 15.1. The van der Waals surface area contributed by atoms with Gasteiger partial charge < -0.3 is 13.7 Å². The monoisotopic (exact) mass is 820 g/mol. The van der Waals surface area contributed by atoms with E-state index in [4.69, 9.17) is 15.0 Å². The molecule has 6 heteroatoms. The van der Waals surface area contributed by atoms with Crippen molar-refractivity contribution in [3.8, 4) is 45.5 Å². The molecule has 0 aliphatic rings. The van der Waals surface area contributed by atoms with Crippen molar-refractivity contribution < 1.29 is 0 Å². The Morgan fingerprint density at radius 3 is 1.59 bits per heavy atom. The second-order valence-corrected chi connectivity index (χ2v) is 16.1. The van der Waals surface area contributed by atoms with Gasteiger partial charge in [-0.05, 0) is 67.6 Å². The van der Waals surface area contributed by atoms with Crippen LogP contribution in [0.2, 0.25) is 0 Å². The van der Waals surface area contributed by atoms with Gasteiger partial charge in [-0.3, -0.25) is 0 Å². The standard InChI is InChI=1S/C58H40N6/c1-3-41(37-49-38(2)62(42-25-12-6-13-26-42)50-33-18-16-29-44(49)50)63-51-34-19-17-30-47(51)53-52(63)36-35-46-45-31-20-32-48(54(45)64(55(46)53)43-27-14-7-15-28-43)58-60-56(39-21-8-4-9-22-39)59-57(61-58)40-23-10-5-11-24-40/h3-37H,1H2,2H3/b41-37+. The number of hydrogen-bond acceptors (Lipinski definition) is 3. The number of aromatic nitrogens is 6. The van der Waals surface area contributed by atoms with E-state index in [0.29, 0.717) is 17.5 Å². The van der Waals surface area contributed by atoms with E-state index in [-0.39, 0.29) is 0 Å². The highest BCUT2D eigenvalue weighted by atomic mass is 15.1. The molecule has 0 atom stereocenters. The third-order valence-electron chi connectivity index (χ3n) is 12.5. The number of fused-ring (bicyclic) bond motifs is 8. The molecule has 0 saturated carbocycles. The molecule has 0 aliphatic heterocycles. The molecule has 8 aromatic carbocycles. The van der Waals surface area contributed by atoms with Crippen LogP contribution in [0.5, 0.6) is 0 Å². The summed E-state index contributed by atoms with van der Waals surface area (Å²) in [6, 6.07) is 70.0. The Bertz CT molecular complexity index is 3730. The van der Waals surface area contributed by atoms with Gasteiger partial charge in [-0.25, -0.2) is 15.0 Å². The van der Waals surface area contributed by atoms with Crippen LogP contribution in [0.4, 0.5) is 0 Å². The maximum Gasteiger partial charge on any atom is 0.166 e. The van der Waals surface area contributed by atoms with E-state index in [1.54, 1.807) is 0 Å². The first-order valence-electron chi connectivity index (χ1n) is 21.6. The lowest BCUT2D eigenvalue weighted by Gasteiger charge is -2.13. The molecule has 0 unspecified atom stereocenters. The van der Waals surface area contributed by atoms with Crippen molar-refractivity contribution >= 4 is 66.3 Å². The molecule has 4 heterocycles. The Morgan fingerprint density at radius 2 is 0.953 bits per heavy atom. The Labute approximate surface area is 370 Å². The highest BCUT2D eigenvalue weighted by Gasteiger charge is 2.25. The van der Waals surface area contributed by atoms with Crippen molar-refractivity contribution in [2.75, 3.05) is 0 Å². The predicted molar refractivity (Wildman–Crippen MR) is 266 cm³/mol. The zero-order chi connectivity index (χ0) is 42.7. The summed E-state index contributed by atoms with van der Waals surface area (Å²) in [5, 5.41) is 5.75. The van der Waals surface area contributed by atoms with Crippen molar-refractivity contribution in [2.24, 2.45) is 0 Å². The fraction of sp³-hybridized carbons (Fsp3) is 0.0172. The van der Waals surface area contributed by atoms with Crippen LogP contribution in [-0.2, 0) is 0 Å². The van der Waals surface area contributed by atoms with E-state index in [9.17, 15) is 0 Å². The summed E-state index contributed by atoms with van der Waals surface area (Å²) in [6.45, 7) is 6.66. The Balaban J connectivity index is 1.16. The summed E-state index contributed by atoms with van der Waals surface area (Å²) in [5.74, 6) is 1.86. The Morgan fingerprint density at radius 1 is 0.438 bits per heavy atom. The topological polar surface area (TPSA) is 53.5 Å². The first-order chi connectivity index (χ1) is 31.7. The normalized spacial score (nSPS) is 12.0. The number of rotatable bonds is 8. The van der Waals surface area contributed by atoms with Crippen molar-refractivity contribution in [1.29, 1.82) is 0 Å². The molecule has 0 aliphatic carbocycles. The van der Waals surface area contributed by atoms with Crippen LogP contribution in [0, 0.1) is 6.92 Å². The van der Waals surface area contributed by atoms with Crippen molar-refractivity contribution in [3.05, 3.63) is 224 Å². The molecule has 0 bridgehead atoms. The van der Waals surface area contributed by atoms with Gasteiger partial charge in [-0.15, -0.1) is 0 Å². The third-order valence-corrected chi connectivity index (χ3v) is 12.5. The minimum atomic E-state index is 0.610. The minimum Gasteiger partial charge on any atom is -0.313 e. The van der Waals surface area contributed by atoms with Crippen LogP contribution >= 0.6 is 0 Å². The molecule has 12 aromatic rings. The van der Waals surface area contributed by atoms with E-state index in [1.807, 2.05) is 42.5 Å². The number of para-hydroxylation sites is 5. The molecule has 0 amide bonds.